The Bertz CT molecular complexity index is 666. The van der Waals surface area contributed by atoms with Gasteiger partial charge in [0, 0.05) is 24.2 Å². The number of likely N-dealkylation sites (tertiary alicyclic amines) is 1. The van der Waals surface area contributed by atoms with E-state index in [1.165, 1.54) is 18.6 Å². The van der Waals surface area contributed by atoms with Crippen molar-refractivity contribution in [3.05, 3.63) is 29.8 Å². The second kappa shape index (κ2) is 6.61. The van der Waals surface area contributed by atoms with E-state index in [9.17, 15) is 13.2 Å². The van der Waals surface area contributed by atoms with Crippen molar-refractivity contribution < 1.29 is 13.2 Å². The molecule has 23 heavy (non-hydrogen) atoms. The van der Waals surface area contributed by atoms with Crippen LogP contribution in [0.2, 0.25) is 0 Å². The fourth-order valence-electron chi connectivity index (χ4n) is 3.12. The van der Waals surface area contributed by atoms with Gasteiger partial charge in [-0.05, 0) is 62.8 Å². The average Bonchev–Trinajstić information content (AvgIpc) is 3.37. The highest BCUT2D eigenvalue weighted by molar-refractivity contribution is 7.89. The minimum absolute atomic E-state index is 0.00986. The molecule has 1 saturated carbocycles. The number of piperidine rings is 1. The van der Waals surface area contributed by atoms with Gasteiger partial charge in [0.15, 0.2) is 0 Å². The molecule has 126 valence electrons. The Morgan fingerprint density at radius 2 is 1.87 bits per heavy atom. The van der Waals surface area contributed by atoms with Crippen molar-refractivity contribution in [2.24, 2.45) is 0 Å². The van der Waals surface area contributed by atoms with Crippen LogP contribution in [0.1, 0.15) is 55.8 Å². The fourth-order valence-corrected chi connectivity index (χ4v) is 4.43. The van der Waals surface area contributed by atoms with E-state index < -0.39 is 10.0 Å². The first kappa shape index (κ1) is 16.5. The number of benzene rings is 1. The number of rotatable bonds is 5. The van der Waals surface area contributed by atoms with Crippen molar-refractivity contribution in [3.63, 3.8) is 0 Å². The number of amides is 1. The minimum Gasteiger partial charge on any atom is -0.336 e. The molecule has 2 fully saturated rings. The zero-order valence-electron chi connectivity index (χ0n) is 13.5. The van der Waals surface area contributed by atoms with Crippen LogP contribution in [0.4, 0.5) is 0 Å². The van der Waals surface area contributed by atoms with Gasteiger partial charge in [-0.15, -0.1) is 0 Å². The maximum absolute atomic E-state index is 12.7. The summed E-state index contributed by atoms with van der Waals surface area (Å²) in [5.74, 6) is 0.00986. The Labute approximate surface area is 138 Å². The van der Waals surface area contributed by atoms with Gasteiger partial charge in [0.1, 0.15) is 0 Å². The molecule has 1 heterocycles. The highest BCUT2D eigenvalue weighted by Gasteiger charge is 2.29. The molecule has 1 aromatic carbocycles. The normalized spacial score (nSPS) is 22.1. The SMILES string of the molecule is CCC1CCCCN1C(=O)c1ccc(S(=O)(=O)NC2CC2)cc1. The first-order valence-electron chi connectivity index (χ1n) is 8.44. The van der Waals surface area contributed by atoms with Crippen molar-refractivity contribution in [1.82, 2.24) is 9.62 Å². The molecule has 1 amide bonds. The highest BCUT2D eigenvalue weighted by Crippen LogP contribution is 2.24. The van der Waals surface area contributed by atoms with E-state index in [1.54, 1.807) is 12.1 Å². The third-order valence-electron chi connectivity index (χ3n) is 4.67. The van der Waals surface area contributed by atoms with Crippen LogP contribution in [0.25, 0.3) is 0 Å². The second-order valence-electron chi connectivity index (χ2n) is 6.48. The van der Waals surface area contributed by atoms with Crippen LogP contribution in [-0.2, 0) is 10.0 Å². The Kier molecular flexibility index (Phi) is 4.73. The van der Waals surface area contributed by atoms with Crippen LogP contribution in [-0.4, -0.2) is 37.9 Å². The number of nitrogens with one attached hydrogen (secondary N) is 1. The van der Waals surface area contributed by atoms with Crippen molar-refractivity contribution in [2.75, 3.05) is 6.54 Å². The predicted octanol–water partition coefficient (Wildman–Crippen LogP) is 2.53. The van der Waals surface area contributed by atoms with E-state index in [2.05, 4.69) is 11.6 Å². The summed E-state index contributed by atoms with van der Waals surface area (Å²) in [6.07, 6.45) is 6.04. The van der Waals surface area contributed by atoms with E-state index >= 15 is 0 Å². The van der Waals surface area contributed by atoms with Crippen LogP contribution in [0, 0.1) is 0 Å². The first-order chi connectivity index (χ1) is 11.0. The second-order valence-corrected chi connectivity index (χ2v) is 8.19. The topological polar surface area (TPSA) is 66.5 Å². The number of sulfonamides is 1. The van der Waals surface area contributed by atoms with Crippen LogP contribution in [0.3, 0.4) is 0 Å². The summed E-state index contributed by atoms with van der Waals surface area (Å²) >= 11 is 0. The fraction of sp³-hybridized carbons (Fsp3) is 0.588. The smallest absolute Gasteiger partial charge is 0.254 e. The molecule has 0 spiro atoms. The summed E-state index contributed by atoms with van der Waals surface area (Å²) in [6.45, 7) is 2.90. The molecule has 0 aromatic heterocycles. The standard InChI is InChI=1S/C17H24N2O3S/c1-2-15-5-3-4-12-19(15)17(20)13-6-10-16(11-7-13)23(21,22)18-14-8-9-14/h6-7,10-11,14-15,18H,2-5,8-9,12H2,1H3. The molecule has 6 heteroatoms. The van der Waals surface area contributed by atoms with Crippen molar-refractivity contribution in [1.29, 1.82) is 0 Å². The van der Waals surface area contributed by atoms with Gasteiger partial charge in [-0.2, -0.15) is 0 Å². The summed E-state index contributed by atoms with van der Waals surface area (Å²) in [4.78, 5) is 14.8. The Morgan fingerprint density at radius 1 is 1.17 bits per heavy atom. The predicted molar refractivity (Wildman–Crippen MR) is 88.8 cm³/mol. The molecule has 0 bridgehead atoms. The van der Waals surface area contributed by atoms with Gasteiger partial charge in [-0.3, -0.25) is 4.79 Å². The Morgan fingerprint density at radius 3 is 2.48 bits per heavy atom. The van der Waals surface area contributed by atoms with Crippen molar-refractivity contribution in [2.45, 2.75) is 62.4 Å². The third-order valence-corrected chi connectivity index (χ3v) is 6.21. The molecule has 1 aliphatic heterocycles. The molecular formula is C17H24N2O3S. The van der Waals surface area contributed by atoms with E-state index in [1.807, 2.05) is 4.90 Å². The maximum Gasteiger partial charge on any atom is 0.254 e. The lowest BCUT2D eigenvalue weighted by atomic mass is 9.99. The summed E-state index contributed by atoms with van der Waals surface area (Å²) in [5.41, 5.74) is 0.565. The molecular weight excluding hydrogens is 312 g/mol. The molecule has 1 unspecified atom stereocenters. The van der Waals surface area contributed by atoms with E-state index in [0.717, 1.165) is 38.6 Å². The highest BCUT2D eigenvalue weighted by atomic mass is 32.2. The molecule has 0 radical (unpaired) electrons. The zero-order valence-corrected chi connectivity index (χ0v) is 14.3. The lowest BCUT2D eigenvalue weighted by Gasteiger charge is -2.35. The zero-order chi connectivity index (χ0) is 16.4. The molecule has 1 aromatic rings. The summed E-state index contributed by atoms with van der Waals surface area (Å²) in [5, 5.41) is 0. The summed E-state index contributed by atoms with van der Waals surface area (Å²) < 4.78 is 27.0. The third kappa shape index (κ3) is 3.75. The Balaban J connectivity index is 1.74. The van der Waals surface area contributed by atoms with E-state index in [-0.39, 0.29) is 16.8 Å². The van der Waals surface area contributed by atoms with E-state index in [0.29, 0.717) is 11.6 Å². The average molecular weight is 336 g/mol. The van der Waals surface area contributed by atoms with Crippen LogP contribution in [0.15, 0.2) is 29.2 Å². The van der Waals surface area contributed by atoms with Gasteiger partial charge < -0.3 is 4.90 Å². The van der Waals surface area contributed by atoms with E-state index in [4.69, 9.17) is 0 Å². The molecule has 3 rings (SSSR count). The van der Waals surface area contributed by atoms with Gasteiger partial charge in [-0.1, -0.05) is 6.92 Å². The number of hydrogen-bond donors (Lipinski definition) is 1. The van der Waals surface area contributed by atoms with Crippen molar-refractivity contribution in [3.8, 4) is 0 Å². The number of nitrogens with zero attached hydrogens (tertiary/aromatic N) is 1. The van der Waals surface area contributed by atoms with Crippen LogP contribution in [0.5, 0.6) is 0 Å². The largest absolute Gasteiger partial charge is 0.336 e. The van der Waals surface area contributed by atoms with Gasteiger partial charge in [0.2, 0.25) is 10.0 Å². The number of carbonyl (C=O) groups is 1. The maximum atomic E-state index is 12.7. The first-order valence-corrected chi connectivity index (χ1v) is 9.93. The van der Waals surface area contributed by atoms with Crippen LogP contribution >= 0.6 is 0 Å². The molecule has 1 aliphatic carbocycles. The molecule has 1 atom stereocenters. The van der Waals surface area contributed by atoms with Gasteiger partial charge in [0.05, 0.1) is 4.90 Å². The monoisotopic (exact) mass is 336 g/mol. The lowest BCUT2D eigenvalue weighted by molar-refractivity contribution is 0.0608. The molecule has 2 aliphatic rings. The molecule has 1 N–H and O–H groups in total. The molecule has 1 saturated heterocycles. The van der Waals surface area contributed by atoms with Gasteiger partial charge in [0.25, 0.3) is 5.91 Å². The number of hydrogen-bond acceptors (Lipinski definition) is 3. The van der Waals surface area contributed by atoms with Crippen molar-refractivity contribution >= 4 is 15.9 Å². The molecule has 5 nitrogen and oxygen atoms in total. The van der Waals surface area contributed by atoms with Gasteiger partial charge >= 0.3 is 0 Å². The van der Waals surface area contributed by atoms with Gasteiger partial charge in [-0.25, -0.2) is 13.1 Å². The quantitative estimate of drug-likeness (QED) is 0.898. The number of carbonyl (C=O) groups excluding carboxylic acids is 1. The minimum atomic E-state index is -3.45. The lowest BCUT2D eigenvalue weighted by Crippen LogP contribution is -2.43. The van der Waals surface area contributed by atoms with Crippen LogP contribution < -0.4 is 4.72 Å². The summed E-state index contributed by atoms with van der Waals surface area (Å²) in [6, 6.07) is 6.71. The summed E-state index contributed by atoms with van der Waals surface area (Å²) in [7, 11) is -3.45. The Hall–Kier alpha value is -1.40.